The number of nitrogens with one attached hydrogen (secondary N) is 2. The molecule has 0 radical (unpaired) electrons. The molecule has 0 saturated heterocycles. The molecule has 4 N–H and O–H groups in total. The summed E-state index contributed by atoms with van der Waals surface area (Å²) in [6.45, 7) is 0.695. The van der Waals surface area contributed by atoms with E-state index in [0.717, 1.165) is 0 Å². The summed E-state index contributed by atoms with van der Waals surface area (Å²) in [6, 6.07) is 0. The van der Waals surface area contributed by atoms with Crippen LogP contribution < -0.4 is 16.4 Å². The number of carbonyl (C=O) groups is 1. The highest BCUT2D eigenvalue weighted by atomic mass is 35.5. The van der Waals surface area contributed by atoms with Crippen molar-refractivity contribution < 1.29 is 4.79 Å². The van der Waals surface area contributed by atoms with Crippen LogP contribution in [0.1, 0.15) is 0 Å². The van der Waals surface area contributed by atoms with Crippen LogP contribution in [-0.4, -0.2) is 18.6 Å². The first-order valence-electron chi connectivity index (χ1n) is 2.74. The van der Waals surface area contributed by atoms with Gasteiger partial charge in [-0.05, 0) is 6.20 Å². The van der Waals surface area contributed by atoms with E-state index in [2.05, 4.69) is 10.6 Å². The van der Waals surface area contributed by atoms with Gasteiger partial charge in [0.2, 0.25) is 0 Å². The molecule has 0 saturated carbocycles. The van der Waals surface area contributed by atoms with Gasteiger partial charge in [-0.25, -0.2) is 0 Å². The van der Waals surface area contributed by atoms with E-state index in [4.69, 9.17) is 5.73 Å². The summed E-state index contributed by atoms with van der Waals surface area (Å²) < 4.78 is 0. The van der Waals surface area contributed by atoms with Crippen LogP contribution in [0.15, 0.2) is 12.3 Å². The van der Waals surface area contributed by atoms with Crippen molar-refractivity contribution in [2.24, 2.45) is 5.73 Å². The molecule has 0 aliphatic carbocycles. The van der Waals surface area contributed by atoms with Gasteiger partial charge in [0.05, 0.1) is 0 Å². The minimum atomic E-state index is -0.394. The fourth-order valence-corrected chi connectivity index (χ4v) is 0.651. The fraction of sp³-hybridized carbons (Fsp3) is 0.400. The second-order valence-corrected chi connectivity index (χ2v) is 1.81. The summed E-state index contributed by atoms with van der Waals surface area (Å²) in [5.41, 5.74) is 4.97. The summed E-state index contributed by atoms with van der Waals surface area (Å²) in [7, 11) is 0. The smallest absolute Gasteiger partial charge is 0.254 e. The zero-order valence-corrected chi connectivity index (χ0v) is 7.37. The normalized spacial score (nSPS) is 20.5. The van der Waals surface area contributed by atoms with Crippen LogP contribution in [0, 0.1) is 0 Å². The van der Waals surface area contributed by atoms with Crippen LogP contribution in [0.3, 0.4) is 0 Å². The van der Waals surface area contributed by atoms with Gasteiger partial charge in [0.25, 0.3) is 5.91 Å². The zero-order chi connectivity index (χ0) is 6.69. The molecule has 11 heavy (non-hydrogen) atoms. The molecule has 66 valence electrons. The number of rotatable bonds is 1. The van der Waals surface area contributed by atoms with Crippen molar-refractivity contribution in [1.29, 1.82) is 0 Å². The van der Waals surface area contributed by atoms with E-state index in [9.17, 15) is 4.79 Å². The van der Waals surface area contributed by atoms with Crippen molar-refractivity contribution in [1.82, 2.24) is 10.6 Å². The standard InChI is InChI=1S/C5H9N3O.2ClH/c6-4(9)5-7-2-1-3-8-5;;/h1-2,5,7-8H,3H2,(H2,6,9);2*1H. The van der Waals surface area contributed by atoms with E-state index in [1.807, 2.05) is 6.08 Å². The number of hydrogen-bond donors (Lipinski definition) is 3. The van der Waals surface area contributed by atoms with Crippen LogP contribution in [0.5, 0.6) is 0 Å². The monoisotopic (exact) mass is 199 g/mol. The fourth-order valence-electron chi connectivity index (χ4n) is 0.651. The average molecular weight is 200 g/mol. The van der Waals surface area contributed by atoms with Crippen LogP contribution in [0.2, 0.25) is 0 Å². The molecule has 1 unspecified atom stereocenters. The second kappa shape index (κ2) is 6.27. The molecule has 0 aromatic carbocycles. The van der Waals surface area contributed by atoms with Crippen molar-refractivity contribution in [3.63, 3.8) is 0 Å². The molecule has 1 amide bonds. The molecule has 1 aliphatic heterocycles. The lowest BCUT2D eigenvalue weighted by molar-refractivity contribution is -0.120. The number of carbonyl (C=O) groups excluding carboxylic acids is 1. The van der Waals surface area contributed by atoms with Crippen molar-refractivity contribution in [3.05, 3.63) is 12.3 Å². The summed E-state index contributed by atoms with van der Waals surface area (Å²) in [4.78, 5) is 10.4. The lowest BCUT2D eigenvalue weighted by Gasteiger charge is -2.17. The van der Waals surface area contributed by atoms with Crippen LogP contribution in [-0.2, 0) is 4.79 Å². The van der Waals surface area contributed by atoms with Crippen molar-refractivity contribution in [3.8, 4) is 0 Å². The first kappa shape index (κ1) is 13.2. The Balaban J connectivity index is 0. The molecule has 0 fully saturated rings. The van der Waals surface area contributed by atoms with Gasteiger partial charge in [0.1, 0.15) is 0 Å². The Hall–Kier alpha value is -0.450. The lowest BCUT2D eigenvalue weighted by atomic mass is 10.4. The molecule has 0 aromatic heterocycles. The molecule has 1 rings (SSSR count). The highest BCUT2D eigenvalue weighted by molar-refractivity contribution is 5.85. The summed E-state index contributed by atoms with van der Waals surface area (Å²) in [5.74, 6) is -0.376. The van der Waals surface area contributed by atoms with E-state index in [0.29, 0.717) is 6.54 Å². The third kappa shape index (κ3) is 4.08. The Labute approximate surface area is 77.4 Å². The van der Waals surface area contributed by atoms with Gasteiger partial charge >= 0.3 is 0 Å². The average Bonchev–Trinajstić information content (AvgIpc) is 1.90. The van der Waals surface area contributed by atoms with E-state index >= 15 is 0 Å². The molecule has 6 heteroatoms. The predicted molar refractivity (Wildman–Crippen MR) is 47.8 cm³/mol. The highest BCUT2D eigenvalue weighted by Gasteiger charge is 2.12. The molecule has 4 nitrogen and oxygen atoms in total. The van der Waals surface area contributed by atoms with Crippen molar-refractivity contribution >= 4 is 30.7 Å². The van der Waals surface area contributed by atoms with E-state index in [1.165, 1.54) is 0 Å². The minimum Gasteiger partial charge on any atom is -0.368 e. The Morgan fingerprint density at radius 3 is 2.45 bits per heavy atom. The first-order valence-corrected chi connectivity index (χ1v) is 2.74. The highest BCUT2D eigenvalue weighted by Crippen LogP contribution is 1.82. The van der Waals surface area contributed by atoms with Crippen LogP contribution >= 0.6 is 24.8 Å². The van der Waals surface area contributed by atoms with Gasteiger partial charge in [0, 0.05) is 6.54 Å². The maximum absolute atomic E-state index is 10.4. The molecule has 0 aromatic rings. The van der Waals surface area contributed by atoms with Gasteiger partial charge in [-0.3, -0.25) is 10.1 Å². The van der Waals surface area contributed by atoms with E-state index in [-0.39, 0.29) is 30.7 Å². The predicted octanol–water partition coefficient (Wildman–Crippen LogP) is -0.652. The molecule has 1 aliphatic rings. The topological polar surface area (TPSA) is 67.2 Å². The second-order valence-electron chi connectivity index (χ2n) is 1.81. The minimum absolute atomic E-state index is 0. The summed E-state index contributed by atoms with van der Waals surface area (Å²) in [6.07, 6.45) is 3.20. The molecule has 0 bridgehead atoms. The van der Waals surface area contributed by atoms with Gasteiger partial charge in [-0.1, -0.05) is 6.08 Å². The number of nitrogens with two attached hydrogens (primary N) is 1. The van der Waals surface area contributed by atoms with Gasteiger partial charge in [-0.15, -0.1) is 24.8 Å². The van der Waals surface area contributed by atoms with Crippen molar-refractivity contribution in [2.45, 2.75) is 6.17 Å². The van der Waals surface area contributed by atoms with Gasteiger partial charge < -0.3 is 11.1 Å². The van der Waals surface area contributed by atoms with Gasteiger partial charge in [-0.2, -0.15) is 0 Å². The summed E-state index contributed by atoms with van der Waals surface area (Å²) in [5, 5.41) is 5.60. The Morgan fingerprint density at radius 1 is 1.55 bits per heavy atom. The molecule has 1 heterocycles. The third-order valence-electron chi connectivity index (χ3n) is 1.11. The Morgan fingerprint density at radius 2 is 2.18 bits per heavy atom. The largest absolute Gasteiger partial charge is 0.368 e. The lowest BCUT2D eigenvalue weighted by Crippen LogP contribution is -2.51. The van der Waals surface area contributed by atoms with Crippen molar-refractivity contribution in [2.75, 3.05) is 6.54 Å². The molecular formula is C5H11Cl2N3O. The van der Waals surface area contributed by atoms with Crippen LogP contribution in [0.25, 0.3) is 0 Å². The molecule has 1 atom stereocenters. The zero-order valence-electron chi connectivity index (χ0n) is 5.74. The van der Waals surface area contributed by atoms with Gasteiger partial charge in [0.15, 0.2) is 6.17 Å². The first-order chi connectivity index (χ1) is 4.30. The Bertz CT molecular complexity index is 151. The maximum atomic E-state index is 10.4. The van der Waals surface area contributed by atoms with E-state index in [1.54, 1.807) is 6.20 Å². The molecular weight excluding hydrogens is 189 g/mol. The molecule has 0 spiro atoms. The Kier molecular flexibility index (Phi) is 7.51. The maximum Gasteiger partial charge on any atom is 0.254 e. The SMILES string of the molecule is Cl.Cl.NC(=O)C1NC=CCN1. The van der Waals surface area contributed by atoms with Crippen LogP contribution in [0.4, 0.5) is 0 Å². The summed E-state index contributed by atoms with van der Waals surface area (Å²) >= 11 is 0. The number of primary amides is 1. The third-order valence-corrected chi connectivity index (χ3v) is 1.11. The quantitative estimate of drug-likeness (QED) is 0.526. The number of hydrogen-bond acceptors (Lipinski definition) is 3. The van der Waals surface area contributed by atoms with E-state index < -0.39 is 6.17 Å². The number of halogens is 2. The number of amides is 1.